The van der Waals surface area contributed by atoms with E-state index in [-0.39, 0.29) is 5.78 Å². The van der Waals surface area contributed by atoms with Crippen LogP contribution in [0.5, 0.6) is 5.75 Å². The van der Waals surface area contributed by atoms with Crippen LogP contribution in [0.4, 0.5) is 0 Å². The van der Waals surface area contributed by atoms with E-state index in [1.54, 1.807) is 25.6 Å². The molecule has 2 aromatic carbocycles. The number of nitrogens with zero attached hydrogens (tertiary/aromatic N) is 2. The number of fused-ring (bicyclic) bond motifs is 1. The van der Waals surface area contributed by atoms with E-state index in [4.69, 9.17) is 9.47 Å². The van der Waals surface area contributed by atoms with Gasteiger partial charge >= 0.3 is 0 Å². The maximum absolute atomic E-state index is 13.0. The minimum absolute atomic E-state index is 0.0371. The molecule has 154 valence electrons. The lowest BCUT2D eigenvalue weighted by Gasteiger charge is -2.17. The molecule has 0 radical (unpaired) electrons. The Bertz CT molecular complexity index is 1290. The molecule has 0 unspecified atom stereocenters. The number of rotatable bonds is 5. The van der Waals surface area contributed by atoms with Crippen molar-refractivity contribution in [1.29, 1.82) is 0 Å². The smallest absolute Gasteiger partial charge is 0.210 e. The molecule has 4 aromatic rings. The Kier molecular flexibility index (Phi) is 4.79. The van der Waals surface area contributed by atoms with Crippen molar-refractivity contribution in [1.82, 2.24) is 9.97 Å². The van der Waals surface area contributed by atoms with Crippen molar-refractivity contribution in [3.8, 4) is 5.75 Å². The summed E-state index contributed by atoms with van der Waals surface area (Å²) in [6.45, 7) is 3.95. The molecule has 0 fully saturated rings. The number of carbonyl (C=O) groups is 1. The van der Waals surface area contributed by atoms with Crippen molar-refractivity contribution in [2.75, 3.05) is 0 Å². The monoisotopic (exact) mass is 428 g/mol. The van der Waals surface area contributed by atoms with Gasteiger partial charge in [-0.1, -0.05) is 36.4 Å². The number of pyridine rings is 1. The van der Waals surface area contributed by atoms with Gasteiger partial charge in [0.15, 0.2) is 11.4 Å². The Morgan fingerprint density at radius 2 is 1.84 bits per heavy atom. The van der Waals surface area contributed by atoms with Crippen LogP contribution in [0, 0.1) is 0 Å². The molecule has 0 atom stereocenters. The van der Waals surface area contributed by atoms with Crippen molar-refractivity contribution in [3.05, 3.63) is 88.5 Å². The highest BCUT2D eigenvalue weighted by Gasteiger charge is 2.43. The Morgan fingerprint density at radius 3 is 2.61 bits per heavy atom. The number of Topliss-reactive ketones (excluding diaryl/α,β-unsaturated/α-hetero) is 1. The van der Waals surface area contributed by atoms with Gasteiger partial charge < -0.3 is 9.47 Å². The molecule has 0 saturated carbocycles. The zero-order valence-electron chi connectivity index (χ0n) is 17.2. The average Bonchev–Trinajstić information content (AvgIpc) is 3.39. The van der Waals surface area contributed by atoms with Crippen LogP contribution in [0.25, 0.3) is 22.2 Å². The normalized spacial score (nSPS) is 15.4. The van der Waals surface area contributed by atoms with E-state index in [0.29, 0.717) is 23.7 Å². The lowest BCUT2D eigenvalue weighted by molar-refractivity contribution is -0.125. The molecule has 31 heavy (non-hydrogen) atoms. The number of hydrogen-bond donors (Lipinski definition) is 0. The summed E-state index contributed by atoms with van der Waals surface area (Å²) in [6.07, 6.45) is 1.72. The predicted molar refractivity (Wildman–Crippen MR) is 122 cm³/mol. The van der Waals surface area contributed by atoms with Crippen LogP contribution in [-0.2, 0) is 16.1 Å². The van der Waals surface area contributed by atoms with E-state index in [9.17, 15) is 4.79 Å². The molecule has 1 aliphatic heterocycles. The average molecular weight is 429 g/mol. The van der Waals surface area contributed by atoms with Crippen LogP contribution in [0.2, 0.25) is 0 Å². The lowest BCUT2D eigenvalue weighted by atomic mass is 9.93. The van der Waals surface area contributed by atoms with Crippen molar-refractivity contribution in [3.63, 3.8) is 0 Å². The van der Waals surface area contributed by atoms with Crippen molar-refractivity contribution >= 4 is 39.4 Å². The summed E-state index contributed by atoms with van der Waals surface area (Å²) in [6, 6.07) is 19.5. The molecule has 0 saturated heterocycles. The summed E-state index contributed by atoms with van der Waals surface area (Å²) in [4.78, 5) is 22.6. The Labute approximate surface area is 184 Å². The fourth-order valence-electron chi connectivity index (χ4n) is 3.58. The molecule has 0 aliphatic carbocycles. The topological polar surface area (TPSA) is 61.3 Å². The van der Waals surface area contributed by atoms with Gasteiger partial charge in [-0.25, -0.2) is 4.98 Å². The van der Waals surface area contributed by atoms with Crippen molar-refractivity contribution < 1.29 is 14.3 Å². The molecule has 1 aliphatic rings. The highest BCUT2D eigenvalue weighted by molar-refractivity contribution is 7.10. The third-order valence-corrected chi connectivity index (χ3v) is 5.97. The van der Waals surface area contributed by atoms with Gasteiger partial charge in [0.05, 0.1) is 27.2 Å². The molecule has 6 heteroatoms. The van der Waals surface area contributed by atoms with Gasteiger partial charge in [-0.15, -0.1) is 11.3 Å². The summed E-state index contributed by atoms with van der Waals surface area (Å²) >= 11 is 1.45. The molecule has 0 amide bonds. The highest BCUT2D eigenvalue weighted by atomic mass is 32.1. The summed E-state index contributed by atoms with van der Waals surface area (Å²) in [5, 5.41) is 1.10. The number of aromatic nitrogens is 2. The first-order valence-electron chi connectivity index (χ1n) is 9.96. The zero-order chi connectivity index (χ0) is 21.4. The molecule has 3 heterocycles. The first-order chi connectivity index (χ1) is 15.0. The van der Waals surface area contributed by atoms with Crippen LogP contribution in [0.15, 0.2) is 72.4 Å². The standard InChI is InChI=1S/C25H20N2O3S/c1-25(2)24(28)22(23(30-25)21-13-26-15-31-21)17-8-11-19(12-9-17)29-14-18-10-7-16-5-3-4-6-20(16)27-18/h3-13,15H,14H2,1-2H3. The van der Waals surface area contributed by atoms with Gasteiger partial charge in [0.25, 0.3) is 0 Å². The first-order valence-corrected chi connectivity index (χ1v) is 10.8. The second kappa shape index (κ2) is 7.63. The summed E-state index contributed by atoms with van der Waals surface area (Å²) in [7, 11) is 0. The van der Waals surface area contributed by atoms with Crippen LogP contribution in [-0.4, -0.2) is 21.4 Å². The molecular formula is C25H20N2O3S. The van der Waals surface area contributed by atoms with Gasteiger partial charge in [0.1, 0.15) is 12.4 Å². The van der Waals surface area contributed by atoms with Crippen LogP contribution >= 0.6 is 11.3 Å². The van der Waals surface area contributed by atoms with Crippen LogP contribution in [0.3, 0.4) is 0 Å². The number of hydrogen-bond acceptors (Lipinski definition) is 6. The number of ketones is 1. The minimum atomic E-state index is -0.897. The largest absolute Gasteiger partial charge is 0.487 e. The van der Waals surface area contributed by atoms with E-state index >= 15 is 0 Å². The second-order valence-electron chi connectivity index (χ2n) is 7.82. The van der Waals surface area contributed by atoms with E-state index in [1.807, 2.05) is 60.7 Å². The highest BCUT2D eigenvalue weighted by Crippen LogP contribution is 2.42. The first kappa shape index (κ1) is 19.5. The van der Waals surface area contributed by atoms with Gasteiger partial charge in [-0.2, -0.15) is 0 Å². The van der Waals surface area contributed by atoms with Crippen molar-refractivity contribution in [2.45, 2.75) is 26.1 Å². The Hall–Kier alpha value is -3.51. The van der Waals surface area contributed by atoms with Crippen LogP contribution < -0.4 is 4.74 Å². The van der Waals surface area contributed by atoms with E-state index < -0.39 is 5.60 Å². The number of carbonyl (C=O) groups excluding carboxylic acids is 1. The van der Waals surface area contributed by atoms with E-state index in [2.05, 4.69) is 9.97 Å². The van der Waals surface area contributed by atoms with E-state index in [1.165, 1.54) is 11.3 Å². The maximum Gasteiger partial charge on any atom is 0.210 e. The summed E-state index contributed by atoms with van der Waals surface area (Å²) < 4.78 is 11.9. The Balaban J connectivity index is 1.37. The van der Waals surface area contributed by atoms with Crippen LogP contribution in [0.1, 0.15) is 30.0 Å². The SMILES string of the molecule is CC1(C)OC(c2cncs2)=C(c2ccc(OCc3ccc4ccccc4n3)cc2)C1=O. The van der Waals surface area contributed by atoms with E-state index in [0.717, 1.165) is 27.0 Å². The Morgan fingerprint density at radius 1 is 1.03 bits per heavy atom. The summed E-state index contributed by atoms with van der Waals surface area (Å²) in [5.74, 6) is 1.26. The summed E-state index contributed by atoms with van der Waals surface area (Å²) in [5.41, 5.74) is 4.03. The molecular weight excluding hydrogens is 408 g/mol. The molecule has 5 rings (SSSR count). The fourth-order valence-corrected chi connectivity index (χ4v) is 4.19. The third kappa shape index (κ3) is 3.70. The van der Waals surface area contributed by atoms with Gasteiger partial charge in [-0.05, 0) is 43.7 Å². The number of ether oxygens (including phenoxy) is 2. The lowest BCUT2D eigenvalue weighted by Crippen LogP contribution is -2.29. The van der Waals surface area contributed by atoms with Crippen molar-refractivity contribution in [2.24, 2.45) is 0 Å². The van der Waals surface area contributed by atoms with Gasteiger partial charge in [0, 0.05) is 11.6 Å². The molecule has 0 bridgehead atoms. The van der Waals surface area contributed by atoms with Gasteiger partial charge in [0.2, 0.25) is 5.78 Å². The minimum Gasteiger partial charge on any atom is -0.487 e. The second-order valence-corrected chi connectivity index (χ2v) is 8.71. The predicted octanol–water partition coefficient (Wildman–Crippen LogP) is 5.52. The molecule has 0 N–H and O–H groups in total. The number of benzene rings is 2. The third-order valence-electron chi connectivity index (χ3n) is 5.20. The zero-order valence-corrected chi connectivity index (χ0v) is 18.0. The molecule has 5 nitrogen and oxygen atoms in total. The molecule has 0 spiro atoms. The molecule has 2 aromatic heterocycles. The quantitative estimate of drug-likeness (QED) is 0.419. The van der Waals surface area contributed by atoms with Gasteiger partial charge in [-0.3, -0.25) is 9.78 Å². The fraction of sp³-hybridized carbons (Fsp3) is 0.160. The number of thiazole rings is 1. The maximum atomic E-state index is 13.0. The number of para-hydroxylation sites is 1.